The average Bonchev–Trinajstić information content (AvgIpc) is 3.31. The van der Waals surface area contributed by atoms with E-state index >= 15 is 0 Å². The molecule has 0 unspecified atom stereocenters. The van der Waals surface area contributed by atoms with Gasteiger partial charge < -0.3 is 15.3 Å². The zero-order valence-electron chi connectivity index (χ0n) is 16.4. The van der Waals surface area contributed by atoms with Gasteiger partial charge in [0.1, 0.15) is 11.7 Å². The molecule has 3 aliphatic rings. The molecule has 2 fully saturated rings. The molecule has 0 aliphatic carbocycles. The van der Waals surface area contributed by atoms with Crippen LogP contribution in [-0.2, 0) is 25.6 Å². The van der Waals surface area contributed by atoms with Crippen molar-refractivity contribution >= 4 is 65.2 Å². The Hall–Kier alpha value is -2.17. The molecule has 2 saturated heterocycles. The number of β-lactam (4-membered cyclic amide) rings is 1. The van der Waals surface area contributed by atoms with Gasteiger partial charge in [0.25, 0.3) is 5.91 Å². The number of alkyl halides is 3. The number of rotatable bonds is 6. The summed E-state index contributed by atoms with van der Waals surface area (Å²) in [5, 5.41) is 23.1. The number of tetrazole rings is 1. The van der Waals surface area contributed by atoms with Gasteiger partial charge in [-0.3, -0.25) is 19.3 Å². The number of aliphatic carboxylic acids is 1. The fraction of sp³-hybridized carbons (Fsp3) is 0.562. The molecule has 17 heteroatoms. The zero-order valence-corrected chi connectivity index (χ0v) is 17.2. The van der Waals surface area contributed by atoms with E-state index in [0.717, 1.165) is 16.8 Å². The maximum absolute atomic E-state index is 12.9. The Kier molecular flexibility index (Phi) is 7.12. The first-order valence-electron chi connectivity index (χ1n) is 9.32. The van der Waals surface area contributed by atoms with Gasteiger partial charge in [0.05, 0.1) is 12.5 Å². The molecule has 1 aromatic rings. The minimum atomic E-state index is -5.13. The molecule has 0 bridgehead atoms. The second-order valence-electron chi connectivity index (χ2n) is 7.41. The van der Waals surface area contributed by atoms with Crippen molar-refractivity contribution in [1.29, 1.82) is 0 Å². The van der Waals surface area contributed by atoms with Gasteiger partial charge in [0.15, 0.2) is 5.82 Å². The van der Waals surface area contributed by atoms with Crippen molar-refractivity contribution in [3.05, 3.63) is 17.1 Å². The molecule has 3 amide bonds. The quantitative estimate of drug-likeness (QED) is 0.340. The fourth-order valence-corrected chi connectivity index (χ4v) is 5.18. The van der Waals surface area contributed by atoms with Crippen molar-refractivity contribution in [2.24, 2.45) is 5.92 Å². The zero-order chi connectivity index (χ0) is 23.4. The van der Waals surface area contributed by atoms with Gasteiger partial charge in [-0.2, -0.15) is 17.3 Å². The van der Waals surface area contributed by atoms with Crippen LogP contribution in [0.1, 0.15) is 12.2 Å². The van der Waals surface area contributed by atoms with Crippen LogP contribution in [0.5, 0.6) is 0 Å². The number of hydrogen-bond acceptors (Lipinski definition) is 8. The summed E-state index contributed by atoms with van der Waals surface area (Å²) in [5.41, 5.74) is 0.000448. The molecular formula is C16H17F3N7NaO5S. The molecule has 12 nitrogen and oxygen atoms in total. The maximum atomic E-state index is 12.9. The number of aromatic nitrogens is 4. The number of carboxylic acids is 1. The number of halogens is 3. The molecule has 1 aromatic heterocycles. The van der Waals surface area contributed by atoms with Gasteiger partial charge in [0, 0.05) is 25.3 Å². The van der Waals surface area contributed by atoms with E-state index in [1.165, 1.54) is 11.1 Å². The first-order valence-corrected chi connectivity index (χ1v) is 10.3. The van der Waals surface area contributed by atoms with Crippen molar-refractivity contribution in [2.75, 3.05) is 19.3 Å². The van der Waals surface area contributed by atoms with Gasteiger partial charge in [0.2, 0.25) is 5.91 Å². The van der Waals surface area contributed by atoms with E-state index < -0.39 is 42.0 Å². The van der Waals surface area contributed by atoms with Crippen LogP contribution < -0.4 is 5.32 Å². The molecule has 0 spiro atoms. The molecule has 0 radical (unpaired) electrons. The molecular weight excluding hydrogens is 482 g/mol. The number of carbonyl (C=O) groups is 4. The van der Waals surface area contributed by atoms with E-state index in [1.807, 2.05) is 0 Å². The monoisotopic (exact) mass is 499 g/mol. The third kappa shape index (κ3) is 4.36. The number of hydrogen-bond donors (Lipinski definition) is 2. The van der Waals surface area contributed by atoms with E-state index in [4.69, 9.17) is 0 Å². The van der Waals surface area contributed by atoms with Crippen LogP contribution >= 0.6 is 11.9 Å². The number of likely N-dealkylation sites (tertiary alicyclic amines) is 1. The third-order valence-corrected chi connectivity index (χ3v) is 6.62. The summed E-state index contributed by atoms with van der Waals surface area (Å²) < 4.78 is 40.0. The van der Waals surface area contributed by atoms with Crippen LogP contribution in [0.2, 0.25) is 0 Å². The number of likely N-dealkylation sites (N-methyl/N-ethyl adjacent to an activating group) is 1. The van der Waals surface area contributed by atoms with E-state index in [1.54, 1.807) is 0 Å². The number of nitrogens with zero attached hydrogens (tertiary/aromatic N) is 6. The number of nitrogens with one attached hydrogen (secondary N) is 1. The van der Waals surface area contributed by atoms with Crippen LogP contribution in [-0.4, -0.2) is 125 Å². The minimum absolute atomic E-state index is 0. The molecule has 4 heterocycles. The summed E-state index contributed by atoms with van der Waals surface area (Å²) in [6.45, 7) is -0.302. The molecule has 174 valence electrons. The summed E-state index contributed by atoms with van der Waals surface area (Å²) >= 11 is 0.981. The van der Waals surface area contributed by atoms with E-state index in [0.29, 0.717) is 10.5 Å². The molecule has 33 heavy (non-hydrogen) atoms. The molecule has 3 atom stereocenters. The van der Waals surface area contributed by atoms with E-state index in [-0.39, 0.29) is 72.1 Å². The summed E-state index contributed by atoms with van der Waals surface area (Å²) in [7, 11) is 1.44. The third-order valence-electron chi connectivity index (χ3n) is 5.61. The fourth-order valence-electron chi connectivity index (χ4n) is 4.31. The van der Waals surface area contributed by atoms with Gasteiger partial charge in [-0.15, -0.1) is 5.10 Å². The number of carboxylic acid groups (broad SMARTS) is 1. The number of carbonyl (C=O) groups excluding carboxylic acids is 3. The standard InChI is InChI=1S/C16H16F3N7O5S.Na.H/c1-20-9(27)3-8-21-22-23-26(8)32-5-7-2-6-4-24(15(31)16(17,18)19)12-10(6)25(13(12)28)11(7)14(29)30;;/h6,10,12H,2-5H2,1H3,(H,20,27)(H,29,30);;/t6-,10-,12+;;/m1../s1. The van der Waals surface area contributed by atoms with Crippen molar-refractivity contribution in [2.45, 2.75) is 31.1 Å². The molecule has 0 aromatic carbocycles. The molecule has 0 saturated carbocycles. The summed E-state index contributed by atoms with van der Waals surface area (Å²) in [6, 6.07) is -2.11. The Morgan fingerprint density at radius 1 is 1.30 bits per heavy atom. The van der Waals surface area contributed by atoms with Gasteiger partial charge in [-0.1, -0.05) is 0 Å². The van der Waals surface area contributed by atoms with Crippen LogP contribution in [0.25, 0.3) is 0 Å². The van der Waals surface area contributed by atoms with Crippen molar-refractivity contribution in [1.82, 2.24) is 34.7 Å². The summed E-state index contributed by atoms with van der Waals surface area (Å²) in [6.07, 6.45) is -5.15. The van der Waals surface area contributed by atoms with Gasteiger partial charge in [-0.05, 0) is 34.4 Å². The van der Waals surface area contributed by atoms with Crippen LogP contribution in [0.3, 0.4) is 0 Å². The van der Waals surface area contributed by atoms with Crippen molar-refractivity contribution in [3.63, 3.8) is 0 Å². The Labute approximate surface area is 210 Å². The second-order valence-corrected chi connectivity index (χ2v) is 8.30. The van der Waals surface area contributed by atoms with Crippen LogP contribution in [0.4, 0.5) is 13.2 Å². The predicted octanol–water partition coefficient (Wildman–Crippen LogP) is -1.85. The van der Waals surface area contributed by atoms with Crippen LogP contribution in [0.15, 0.2) is 11.3 Å². The molecule has 4 rings (SSSR count). The van der Waals surface area contributed by atoms with Gasteiger partial charge >= 0.3 is 47.6 Å². The first kappa shape index (κ1) is 25.5. The molecule has 3 aliphatic heterocycles. The second kappa shape index (κ2) is 9.23. The Balaban J connectivity index is 0.00000306. The topological polar surface area (TPSA) is 151 Å². The average molecular weight is 499 g/mol. The van der Waals surface area contributed by atoms with Gasteiger partial charge in [-0.25, -0.2) is 4.79 Å². The Morgan fingerprint density at radius 2 is 2.00 bits per heavy atom. The van der Waals surface area contributed by atoms with Crippen LogP contribution in [0, 0.1) is 5.92 Å². The summed E-state index contributed by atoms with van der Waals surface area (Å²) in [5.74, 6) is -5.00. The first-order chi connectivity index (χ1) is 15.0. The van der Waals surface area contributed by atoms with E-state index in [9.17, 15) is 37.5 Å². The van der Waals surface area contributed by atoms with Crippen molar-refractivity contribution in [3.8, 4) is 0 Å². The van der Waals surface area contributed by atoms with Crippen molar-refractivity contribution < 1.29 is 37.5 Å². The van der Waals surface area contributed by atoms with E-state index in [2.05, 4.69) is 20.8 Å². The normalized spacial score (nSPS) is 23.6. The Morgan fingerprint density at radius 3 is 2.61 bits per heavy atom. The molecule has 2 N–H and O–H groups in total. The number of amides is 3. The summed E-state index contributed by atoms with van der Waals surface area (Å²) in [4.78, 5) is 49.3. The predicted molar refractivity (Wildman–Crippen MR) is 106 cm³/mol. The SMILES string of the molecule is CNC(=O)Cc1nnnn1SCC1=C(C(=O)O)N2C(=O)[C@@H]3[C@H]2[C@H](C1)CN3C(=O)C(F)(F)F.[NaH]. The Bertz CT molecular complexity index is 1050.